The van der Waals surface area contributed by atoms with Crippen LogP contribution in [0.1, 0.15) is 213 Å². The molecule has 6 heteroatoms. The Morgan fingerprint density at radius 2 is 0.763 bits per heavy atom. The quantitative estimate of drug-likeness (QED) is 0.0201. The van der Waals surface area contributed by atoms with E-state index in [1.165, 1.54) is 77.0 Å². The normalized spacial score (nSPS) is 12.8. The monoisotopic (exact) mass is 821 g/mol. The predicted molar refractivity (Wildman–Crippen MR) is 251 cm³/mol. The molecule has 0 aliphatic carbocycles. The van der Waals surface area contributed by atoms with Gasteiger partial charge in [0.05, 0.1) is 0 Å². The van der Waals surface area contributed by atoms with Gasteiger partial charge in [0.15, 0.2) is 6.10 Å². The van der Waals surface area contributed by atoms with Crippen molar-refractivity contribution in [2.75, 3.05) is 13.2 Å². The first-order valence-corrected chi connectivity index (χ1v) is 24.1. The van der Waals surface area contributed by atoms with Gasteiger partial charge in [-0.15, -0.1) is 0 Å². The fraction of sp³-hybridized carbons (Fsp3) is 0.679. The number of unbranched alkanes of at least 4 members (excludes halogenated alkanes) is 19. The molecule has 59 heavy (non-hydrogen) atoms. The summed E-state index contributed by atoms with van der Waals surface area (Å²) >= 11 is 0. The molecule has 6 nitrogen and oxygen atoms in total. The van der Waals surface area contributed by atoms with E-state index < -0.39 is 6.10 Å². The molecule has 1 unspecified atom stereocenters. The van der Waals surface area contributed by atoms with E-state index in [-0.39, 0.29) is 37.5 Å². The Morgan fingerprint density at radius 1 is 0.373 bits per heavy atom. The summed E-state index contributed by atoms with van der Waals surface area (Å²) in [6.45, 7) is 6.30. The third-order valence-electron chi connectivity index (χ3n) is 9.93. The van der Waals surface area contributed by atoms with Gasteiger partial charge < -0.3 is 14.2 Å². The standard InChI is InChI=1S/C53H88O6/c1-4-7-10-13-16-19-22-24-25-26-27-29-31-34-37-40-43-46-52(55)58-49-50(48-57-51(54)45-42-39-36-33-30-21-18-15-12-9-6-3)59-53(56)47-44-41-38-35-32-28-23-20-17-14-11-8-5-2/h8-9,11-12,14,17-18,20-21,23-25,33,36,50H,4-7,10,13,15-16,19,22,26-32,34-35,37-49H2,1-3H3/b11-8-,12-9-,17-14-,21-18-,23-20-,25-24-,36-33-. The van der Waals surface area contributed by atoms with E-state index >= 15 is 0 Å². The lowest BCUT2D eigenvalue weighted by Crippen LogP contribution is -2.30. The van der Waals surface area contributed by atoms with Crippen LogP contribution in [0.15, 0.2) is 85.1 Å². The Balaban J connectivity index is 4.44. The summed E-state index contributed by atoms with van der Waals surface area (Å²) in [5, 5.41) is 0. The summed E-state index contributed by atoms with van der Waals surface area (Å²) in [6, 6.07) is 0. The number of carbonyl (C=O) groups excluding carboxylic acids is 3. The van der Waals surface area contributed by atoms with Crippen LogP contribution in [0.4, 0.5) is 0 Å². The van der Waals surface area contributed by atoms with Crippen LogP contribution < -0.4 is 0 Å². The van der Waals surface area contributed by atoms with Gasteiger partial charge in [0, 0.05) is 19.3 Å². The van der Waals surface area contributed by atoms with Crippen molar-refractivity contribution < 1.29 is 28.6 Å². The van der Waals surface area contributed by atoms with Crippen LogP contribution in [0.25, 0.3) is 0 Å². The summed E-state index contributed by atoms with van der Waals surface area (Å²) in [5.41, 5.74) is 0. The van der Waals surface area contributed by atoms with Crippen LogP contribution in [0.5, 0.6) is 0 Å². The van der Waals surface area contributed by atoms with Crippen LogP contribution in [-0.2, 0) is 28.6 Å². The van der Waals surface area contributed by atoms with Gasteiger partial charge in [-0.1, -0.05) is 189 Å². The number of allylic oxidation sites excluding steroid dienone is 14. The van der Waals surface area contributed by atoms with Gasteiger partial charge in [0.2, 0.25) is 0 Å². The molecule has 0 rings (SSSR count). The van der Waals surface area contributed by atoms with Crippen molar-refractivity contribution in [1.82, 2.24) is 0 Å². The van der Waals surface area contributed by atoms with E-state index in [0.29, 0.717) is 19.3 Å². The van der Waals surface area contributed by atoms with Crippen LogP contribution in [0.3, 0.4) is 0 Å². The lowest BCUT2D eigenvalue weighted by atomic mass is 10.1. The van der Waals surface area contributed by atoms with Crippen molar-refractivity contribution in [2.45, 2.75) is 219 Å². The number of esters is 3. The Labute approximate surface area is 363 Å². The smallest absolute Gasteiger partial charge is 0.306 e. The first-order chi connectivity index (χ1) is 29.0. The average Bonchev–Trinajstić information content (AvgIpc) is 3.23. The van der Waals surface area contributed by atoms with Gasteiger partial charge in [0.25, 0.3) is 0 Å². The third kappa shape index (κ3) is 45.5. The average molecular weight is 821 g/mol. The minimum absolute atomic E-state index is 0.104. The molecule has 0 saturated heterocycles. The lowest BCUT2D eigenvalue weighted by molar-refractivity contribution is -0.167. The summed E-state index contributed by atoms with van der Waals surface area (Å²) in [7, 11) is 0. The van der Waals surface area contributed by atoms with Gasteiger partial charge in [-0.3, -0.25) is 14.4 Å². The highest BCUT2D eigenvalue weighted by molar-refractivity contribution is 5.71. The second kappa shape index (κ2) is 47.3. The van der Waals surface area contributed by atoms with Crippen LogP contribution >= 0.6 is 0 Å². The SMILES string of the molecule is CC\C=C/C=C\C=C/CCCCCCCC(=O)OC(COC(=O)CCC/C=C\C/C=C\C/C=C\CC)COC(=O)CCCCCCCCC/C=C\CCCCCCCC. The molecular formula is C53H88O6. The van der Waals surface area contributed by atoms with E-state index in [0.717, 1.165) is 89.9 Å². The molecule has 336 valence electrons. The Hall–Kier alpha value is -3.41. The second-order valence-corrected chi connectivity index (χ2v) is 15.7. The summed E-state index contributed by atoms with van der Waals surface area (Å²) in [4.78, 5) is 37.8. The molecule has 0 aromatic carbocycles. The molecule has 0 radical (unpaired) electrons. The molecule has 0 aromatic rings. The first kappa shape index (κ1) is 55.6. The Bertz CT molecular complexity index is 1170. The fourth-order valence-electron chi connectivity index (χ4n) is 6.34. The van der Waals surface area contributed by atoms with Crippen LogP contribution in [0, 0.1) is 0 Å². The van der Waals surface area contributed by atoms with Gasteiger partial charge in [-0.25, -0.2) is 0 Å². The fourth-order valence-corrected chi connectivity index (χ4v) is 6.34. The summed E-state index contributed by atoms with van der Waals surface area (Å²) < 4.78 is 16.7. The molecule has 0 fully saturated rings. The highest BCUT2D eigenvalue weighted by Crippen LogP contribution is 2.13. The minimum atomic E-state index is -0.807. The Morgan fingerprint density at radius 3 is 1.31 bits per heavy atom. The first-order valence-electron chi connectivity index (χ1n) is 24.1. The number of carbonyl (C=O) groups is 3. The largest absolute Gasteiger partial charge is 0.462 e. The zero-order valence-corrected chi connectivity index (χ0v) is 38.2. The van der Waals surface area contributed by atoms with E-state index in [9.17, 15) is 14.4 Å². The van der Waals surface area contributed by atoms with E-state index in [1.807, 2.05) is 6.08 Å². The zero-order chi connectivity index (χ0) is 43.0. The molecular weight excluding hydrogens is 733 g/mol. The summed E-state index contributed by atoms with van der Waals surface area (Å²) in [6.07, 6.45) is 60.1. The van der Waals surface area contributed by atoms with Crippen molar-refractivity contribution in [3.8, 4) is 0 Å². The maximum atomic E-state index is 12.7. The van der Waals surface area contributed by atoms with Crippen molar-refractivity contribution in [3.05, 3.63) is 85.1 Å². The minimum Gasteiger partial charge on any atom is -0.462 e. The van der Waals surface area contributed by atoms with Crippen molar-refractivity contribution >= 4 is 17.9 Å². The molecule has 0 amide bonds. The number of hydrogen-bond donors (Lipinski definition) is 0. The molecule has 0 heterocycles. The van der Waals surface area contributed by atoms with Gasteiger partial charge in [-0.2, -0.15) is 0 Å². The van der Waals surface area contributed by atoms with Crippen LogP contribution in [-0.4, -0.2) is 37.2 Å². The van der Waals surface area contributed by atoms with Crippen molar-refractivity contribution in [3.63, 3.8) is 0 Å². The third-order valence-corrected chi connectivity index (χ3v) is 9.93. The molecule has 0 aliphatic heterocycles. The van der Waals surface area contributed by atoms with E-state index in [2.05, 4.69) is 99.8 Å². The molecule has 0 spiro atoms. The van der Waals surface area contributed by atoms with E-state index in [1.54, 1.807) is 0 Å². The molecule has 1 atom stereocenters. The topological polar surface area (TPSA) is 78.9 Å². The number of ether oxygens (including phenoxy) is 3. The highest BCUT2D eigenvalue weighted by Gasteiger charge is 2.19. The van der Waals surface area contributed by atoms with E-state index in [4.69, 9.17) is 14.2 Å². The highest BCUT2D eigenvalue weighted by atomic mass is 16.6. The molecule has 0 saturated carbocycles. The lowest BCUT2D eigenvalue weighted by Gasteiger charge is -2.18. The molecule has 0 aromatic heterocycles. The predicted octanol–water partition coefficient (Wildman–Crippen LogP) is 15.6. The molecule has 0 bridgehead atoms. The second-order valence-electron chi connectivity index (χ2n) is 15.7. The number of rotatable bonds is 42. The van der Waals surface area contributed by atoms with Gasteiger partial charge in [-0.05, 0) is 89.9 Å². The van der Waals surface area contributed by atoms with Crippen molar-refractivity contribution in [1.29, 1.82) is 0 Å². The van der Waals surface area contributed by atoms with Crippen LogP contribution in [0.2, 0.25) is 0 Å². The Kier molecular flexibility index (Phi) is 44.5. The maximum absolute atomic E-state index is 12.7. The van der Waals surface area contributed by atoms with Crippen molar-refractivity contribution in [2.24, 2.45) is 0 Å². The molecule has 0 aliphatic rings. The maximum Gasteiger partial charge on any atom is 0.306 e. The number of hydrogen-bond acceptors (Lipinski definition) is 6. The van der Waals surface area contributed by atoms with Gasteiger partial charge >= 0.3 is 17.9 Å². The summed E-state index contributed by atoms with van der Waals surface area (Å²) in [5.74, 6) is -0.991. The van der Waals surface area contributed by atoms with Gasteiger partial charge in [0.1, 0.15) is 13.2 Å². The molecule has 0 N–H and O–H groups in total. The zero-order valence-electron chi connectivity index (χ0n) is 38.2.